The van der Waals surface area contributed by atoms with Gasteiger partial charge in [0.1, 0.15) is 0 Å². The molecule has 2 aromatic rings. The van der Waals surface area contributed by atoms with E-state index in [2.05, 4.69) is 41.1 Å². The molecule has 1 heterocycles. The zero-order chi connectivity index (χ0) is 13.5. The van der Waals surface area contributed by atoms with Crippen molar-refractivity contribution in [2.45, 2.75) is 26.3 Å². The number of pyridine rings is 1. The maximum absolute atomic E-state index is 5.84. The largest absolute Gasteiger partial charge is 0.340 e. The second-order valence-corrected chi connectivity index (χ2v) is 4.55. The summed E-state index contributed by atoms with van der Waals surface area (Å²) in [5, 5.41) is 0. The molecule has 0 spiro atoms. The first kappa shape index (κ1) is 13.6. The maximum atomic E-state index is 5.84. The average Bonchev–Trinajstić information content (AvgIpc) is 2.49. The molecule has 0 aliphatic carbocycles. The summed E-state index contributed by atoms with van der Waals surface area (Å²) in [5.74, 6) is 0. The normalized spacial score (nSPS) is 10.4. The van der Waals surface area contributed by atoms with Gasteiger partial charge < -0.3 is 10.6 Å². The molecule has 2 rings (SSSR count). The van der Waals surface area contributed by atoms with Crippen molar-refractivity contribution >= 4 is 11.4 Å². The molecule has 1 aromatic heterocycles. The first-order valence-electron chi connectivity index (χ1n) is 6.82. The molecule has 3 nitrogen and oxygen atoms in total. The highest BCUT2D eigenvalue weighted by Crippen LogP contribution is 2.27. The molecule has 0 saturated heterocycles. The molecule has 0 aliphatic rings. The van der Waals surface area contributed by atoms with Gasteiger partial charge in [0.2, 0.25) is 0 Å². The number of para-hydroxylation sites is 1. The number of benzene rings is 1. The molecule has 0 amide bonds. The quantitative estimate of drug-likeness (QED) is 0.859. The fourth-order valence-corrected chi connectivity index (χ4v) is 2.14. The molecule has 19 heavy (non-hydrogen) atoms. The van der Waals surface area contributed by atoms with Gasteiger partial charge in [0, 0.05) is 25.0 Å². The van der Waals surface area contributed by atoms with E-state index in [-0.39, 0.29) is 0 Å². The van der Waals surface area contributed by atoms with Gasteiger partial charge in [0.25, 0.3) is 0 Å². The third-order valence-electron chi connectivity index (χ3n) is 3.20. The van der Waals surface area contributed by atoms with Gasteiger partial charge in [-0.3, -0.25) is 4.98 Å². The van der Waals surface area contributed by atoms with Crippen LogP contribution in [0.15, 0.2) is 48.8 Å². The van der Waals surface area contributed by atoms with Crippen LogP contribution in [0.1, 0.15) is 25.3 Å². The molecule has 0 bridgehead atoms. The average molecular weight is 255 g/mol. The van der Waals surface area contributed by atoms with Crippen molar-refractivity contribution in [1.82, 2.24) is 4.98 Å². The number of hydrogen-bond acceptors (Lipinski definition) is 3. The van der Waals surface area contributed by atoms with Gasteiger partial charge in [-0.15, -0.1) is 0 Å². The molecule has 0 atom stereocenters. The molecule has 0 unspecified atom stereocenters. The second-order valence-electron chi connectivity index (χ2n) is 4.55. The van der Waals surface area contributed by atoms with Crippen molar-refractivity contribution < 1.29 is 0 Å². The smallest absolute Gasteiger partial charge is 0.0642 e. The summed E-state index contributed by atoms with van der Waals surface area (Å²) in [6.07, 6.45) is 6.02. The summed E-state index contributed by atoms with van der Waals surface area (Å²) in [5.41, 5.74) is 9.28. The summed E-state index contributed by atoms with van der Waals surface area (Å²) >= 11 is 0. The van der Waals surface area contributed by atoms with Crippen molar-refractivity contribution in [2.75, 3.05) is 11.4 Å². The number of anilines is 2. The van der Waals surface area contributed by atoms with Gasteiger partial charge in [-0.25, -0.2) is 0 Å². The SMILES string of the molecule is CCCCN(c1ccccc1)c1cnccc1CN. The van der Waals surface area contributed by atoms with Crippen LogP contribution in [0, 0.1) is 0 Å². The lowest BCUT2D eigenvalue weighted by Gasteiger charge is -2.26. The van der Waals surface area contributed by atoms with Crippen molar-refractivity contribution in [2.24, 2.45) is 5.73 Å². The Bertz CT molecular complexity index is 496. The minimum absolute atomic E-state index is 0.535. The van der Waals surface area contributed by atoms with Crippen LogP contribution in [0.3, 0.4) is 0 Å². The molecule has 0 radical (unpaired) electrons. The van der Waals surface area contributed by atoms with Crippen LogP contribution in [0.5, 0.6) is 0 Å². The molecule has 0 saturated carbocycles. The summed E-state index contributed by atoms with van der Waals surface area (Å²) in [6, 6.07) is 12.4. The van der Waals surface area contributed by atoms with E-state index in [4.69, 9.17) is 5.73 Å². The Morgan fingerprint density at radius 2 is 1.95 bits per heavy atom. The van der Waals surface area contributed by atoms with Gasteiger partial charge in [-0.05, 0) is 30.2 Å². The molecule has 3 heteroatoms. The number of unbranched alkanes of at least 4 members (excludes halogenated alkanes) is 1. The lowest BCUT2D eigenvalue weighted by atomic mass is 10.1. The highest BCUT2D eigenvalue weighted by Gasteiger charge is 2.12. The van der Waals surface area contributed by atoms with Crippen LogP contribution in [0.2, 0.25) is 0 Å². The lowest BCUT2D eigenvalue weighted by Crippen LogP contribution is -2.20. The van der Waals surface area contributed by atoms with Crippen LogP contribution < -0.4 is 10.6 Å². The van der Waals surface area contributed by atoms with Gasteiger partial charge in [0.05, 0.1) is 11.9 Å². The van der Waals surface area contributed by atoms with Crippen LogP contribution in [-0.4, -0.2) is 11.5 Å². The number of nitrogens with two attached hydrogens (primary N) is 1. The second kappa shape index (κ2) is 6.90. The number of hydrogen-bond donors (Lipinski definition) is 1. The van der Waals surface area contributed by atoms with E-state index in [9.17, 15) is 0 Å². The molecule has 2 N–H and O–H groups in total. The Hall–Kier alpha value is -1.87. The van der Waals surface area contributed by atoms with Crippen molar-refractivity contribution in [1.29, 1.82) is 0 Å². The Labute approximate surface area is 115 Å². The third kappa shape index (κ3) is 3.32. The van der Waals surface area contributed by atoms with Gasteiger partial charge in [0.15, 0.2) is 0 Å². The van der Waals surface area contributed by atoms with E-state index in [1.165, 1.54) is 12.1 Å². The molecule has 100 valence electrons. The first-order chi connectivity index (χ1) is 9.36. The first-order valence-corrected chi connectivity index (χ1v) is 6.82. The zero-order valence-electron chi connectivity index (χ0n) is 11.4. The van der Waals surface area contributed by atoms with Crippen LogP contribution in [0.4, 0.5) is 11.4 Å². The van der Waals surface area contributed by atoms with Gasteiger partial charge in [-0.1, -0.05) is 31.5 Å². The summed E-state index contributed by atoms with van der Waals surface area (Å²) in [7, 11) is 0. The highest BCUT2D eigenvalue weighted by atomic mass is 15.1. The Balaban J connectivity index is 2.37. The van der Waals surface area contributed by atoms with Crippen LogP contribution in [-0.2, 0) is 6.54 Å². The number of rotatable bonds is 6. The van der Waals surface area contributed by atoms with Crippen molar-refractivity contribution in [3.8, 4) is 0 Å². The highest BCUT2D eigenvalue weighted by molar-refractivity contribution is 5.65. The molecular formula is C16H21N3. The molecule has 0 aliphatic heterocycles. The van der Waals surface area contributed by atoms with E-state index in [1.54, 1.807) is 6.20 Å². The minimum Gasteiger partial charge on any atom is -0.340 e. The van der Waals surface area contributed by atoms with Crippen molar-refractivity contribution in [3.05, 3.63) is 54.4 Å². The molecule has 1 aromatic carbocycles. The Kier molecular flexibility index (Phi) is 4.93. The van der Waals surface area contributed by atoms with Crippen LogP contribution in [0.25, 0.3) is 0 Å². The molecular weight excluding hydrogens is 234 g/mol. The van der Waals surface area contributed by atoms with E-state index in [0.29, 0.717) is 6.54 Å². The minimum atomic E-state index is 0.535. The monoisotopic (exact) mass is 255 g/mol. The van der Waals surface area contributed by atoms with Crippen molar-refractivity contribution in [3.63, 3.8) is 0 Å². The third-order valence-corrected chi connectivity index (χ3v) is 3.20. The predicted molar refractivity (Wildman–Crippen MR) is 80.5 cm³/mol. The topological polar surface area (TPSA) is 42.2 Å². The summed E-state index contributed by atoms with van der Waals surface area (Å²) < 4.78 is 0. The van der Waals surface area contributed by atoms with E-state index in [0.717, 1.165) is 24.2 Å². The van der Waals surface area contributed by atoms with E-state index in [1.807, 2.05) is 18.3 Å². The lowest BCUT2D eigenvalue weighted by molar-refractivity contribution is 0.781. The Morgan fingerprint density at radius 1 is 1.16 bits per heavy atom. The number of aromatic nitrogens is 1. The fraction of sp³-hybridized carbons (Fsp3) is 0.312. The maximum Gasteiger partial charge on any atom is 0.0642 e. The zero-order valence-corrected chi connectivity index (χ0v) is 11.4. The van der Waals surface area contributed by atoms with E-state index < -0.39 is 0 Å². The van der Waals surface area contributed by atoms with Crippen LogP contribution >= 0.6 is 0 Å². The number of nitrogens with zero attached hydrogens (tertiary/aromatic N) is 2. The van der Waals surface area contributed by atoms with E-state index >= 15 is 0 Å². The van der Waals surface area contributed by atoms with Gasteiger partial charge >= 0.3 is 0 Å². The van der Waals surface area contributed by atoms with Gasteiger partial charge in [-0.2, -0.15) is 0 Å². The standard InChI is InChI=1S/C16H21N3/c1-2-3-11-19(15-7-5-4-6-8-15)16-13-18-10-9-14(16)12-17/h4-10,13H,2-3,11-12,17H2,1H3. The summed E-state index contributed by atoms with van der Waals surface area (Å²) in [6.45, 7) is 3.72. The Morgan fingerprint density at radius 3 is 2.63 bits per heavy atom. The fourth-order valence-electron chi connectivity index (χ4n) is 2.14. The predicted octanol–water partition coefficient (Wildman–Crippen LogP) is 3.48. The molecule has 0 fully saturated rings. The summed E-state index contributed by atoms with van der Waals surface area (Å²) in [4.78, 5) is 6.55.